The topological polar surface area (TPSA) is 29.5 Å². The Bertz CT molecular complexity index is 688. The number of hydrogen-bond donors (Lipinski definition) is 0. The average Bonchev–Trinajstić information content (AvgIpc) is 2.89. The zero-order chi connectivity index (χ0) is 15.7. The first-order valence-corrected chi connectivity index (χ1v) is 8.06. The van der Waals surface area contributed by atoms with Crippen LogP contribution in [0.15, 0.2) is 42.5 Å². The van der Waals surface area contributed by atoms with Crippen LogP contribution in [0, 0.1) is 5.82 Å². The molecule has 1 aliphatic heterocycles. The number of rotatable bonds is 3. The Balaban J connectivity index is 2.02. The van der Waals surface area contributed by atoms with Gasteiger partial charge in [-0.2, -0.15) is 0 Å². The van der Waals surface area contributed by atoms with Gasteiger partial charge in [-0.3, -0.25) is 9.69 Å². The molecule has 1 amide bonds. The van der Waals surface area contributed by atoms with E-state index in [4.69, 9.17) is 16.3 Å². The van der Waals surface area contributed by atoms with Gasteiger partial charge in [0.2, 0.25) is 5.91 Å². The summed E-state index contributed by atoms with van der Waals surface area (Å²) < 4.78 is 19.3. The second kappa shape index (κ2) is 6.18. The van der Waals surface area contributed by atoms with Gasteiger partial charge in [-0.15, -0.1) is 11.8 Å². The van der Waals surface area contributed by atoms with Crippen molar-refractivity contribution in [2.24, 2.45) is 0 Å². The summed E-state index contributed by atoms with van der Waals surface area (Å²) in [5.41, 5.74) is 1.04. The van der Waals surface area contributed by atoms with Crippen LogP contribution in [0.4, 0.5) is 10.1 Å². The van der Waals surface area contributed by atoms with E-state index in [9.17, 15) is 9.18 Å². The summed E-state index contributed by atoms with van der Waals surface area (Å²) in [5.74, 6) is 0.516. The number of carbonyl (C=O) groups excluding carboxylic acids is 1. The summed E-state index contributed by atoms with van der Waals surface area (Å²) in [7, 11) is 1.58. The van der Waals surface area contributed by atoms with E-state index in [2.05, 4.69) is 0 Å². The van der Waals surface area contributed by atoms with Crippen LogP contribution in [-0.4, -0.2) is 18.8 Å². The number of anilines is 1. The SMILES string of the molecule is COc1ccc(N2C(=O)CS[C@H]2c2c(F)cccc2Cl)cc1. The van der Waals surface area contributed by atoms with Crippen LogP contribution in [0.3, 0.4) is 0 Å². The molecule has 0 bridgehead atoms. The first-order chi connectivity index (χ1) is 10.6. The normalized spacial score (nSPS) is 17.9. The predicted molar refractivity (Wildman–Crippen MR) is 87.1 cm³/mol. The van der Waals surface area contributed by atoms with Gasteiger partial charge in [0.25, 0.3) is 0 Å². The summed E-state index contributed by atoms with van der Waals surface area (Å²) in [6, 6.07) is 11.7. The molecule has 0 saturated carbocycles. The van der Waals surface area contributed by atoms with E-state index in [1.54, 1.807) is 48.4 Å². The van der Waals surface area contributed by atoms with Crippen molar-refractivity contribution in [3.8, 4) is 5.75 Å². The second-order valence-corrected chi connectivity index (χ2v) is 6.24. The molecule has 3 nitrogen and oxygen atoms in total. The Morgan fingerprint density at radius 1 is 1.27 bits per heavy atom. The van der Waals surface area contributed by atoms with E-state index in [0.717, 1.165) is 0 Å². The molecule has 0 aromatic heterocycles. The highest BCUT2D eigenvalue weighted by molar-refractivity contribution is 8.00. The number of methoxy groups -OCH3 is 1. The minimum atomic E-state index is -0.463. The molecule has 2 aromatic rings. The van der Waals surface area contributed by atoms with E-state index >= 15 is 0 Å². The Hall–Kier alpha value is -1.72. The molecule has 1 heterocycles. The highest BCUT2D eigenvalue weighted by atomic mass is 35.5. The van der Waals surface area contributed by atoms with Crippen molar-refractivity contribution in [2.75, 3.05) is 17.8 Å². The van der Waals surface area contributed by atoms with Crippen molar-refractivity contribution in [1.82, 2.24) is 0 Å². The van der Waals surface area contributed by atoms with E-state index in [-0.39, 0.29) is 5.91 Å². The van der Waals surface area contributed by atoms with Gasteiger partial charge < -0.3 is 4.74 Å². The second-order valence-electron chi connectivity index (χ2n) is 4.76. The van der Waals surface area contributed by atoms with Gasteiger partial charge in [0.15, 0.2) is 0 Å². The summed E-state index contributed by atoms with van der Waals surface area (Å²) in [6.45, 7) is 0. The molecule has 2 aromatic carbocycles. The van der Waals surface area contributed by atoms with Gasteiger partial charge in [-0.25, -0.2) is 4.39 Å². The first kappa shape index (κ1) is 15.2. The Morgan fingerprint density at radius 2 is 2.00 bits per heavy atom. The number of amides is 1. The van der Waals surface area contributed by atoms with Crippen LogP contribution in [0.25, 0.3) is 0 Å². The number of halogens is 2. The number of hydrogen-bond acceptors (Lipinski definition) is 3. The number of thioether (sulfide) groups is 1. The molecule has 1 aliphatic rings. The number of carbonyl (C=O) groups is 1. The van der Waals surface area contributed by atoms with Gasteiger partial charge in [0.1, 0.15) is 16.9 Å². The molecular formula is C16H13ClFNO2S. The van der Waals surface area contributed by atoms with E-state index < -0.39 is 11.2 Å². The smallest absolute Gasteiger partial charge is 0.238 e. The molecule has 1 fully saturated rings. The zero-order valence-electron chi connectivity index (χ0n) is 11.8. The molecule has 0 radical (unpaired) electrons. The molecule has 6 heteroatoms. The number of nitrogens with zero attached hydrogens (tertiary/aromatic N) is 1. The summed E-state index contributed by atoms with van der Waals surface area (Å²) in [5, 5.41) is -0.139. The largest absolute Gasteiger partial charge is 0.497 e. The Kier molecular flexibility index (Phi) is 4.27. The molecule has 22 heavy (non-hydrogen) atoms. The maximum atomic E-state index is 14.2. The minimum Gasteiger partial charge on any atom is -0.497 e. The highest BCUT2D eigenvalue weighted by Gasteiger charge is 2.36. The van der Waals surface area contributed by atoms with Crippen molar-refractivity contribution >= 4 is 35.0 Å². The summed E-state index contributed by atoms with van der Waals surface area (Å²) in [4.78, 5) is 13.8. The van der Waals surface area contributed by atoms with Crippen LogP contribution in [0.2, 0.25) is 5.02 Å². The maximum Gasteiger partial charge on any atom is 0.238 e. The molecule has 1 saturated heterocycles. The van der Waals surface area contributed by atoms with Crippen molar-refractivity contribution in [3.63, 3.8) is 0 Å². The van der Waals surface area contributed by atoms with Crippen LogP contribution < -0.4 is 9.64 Å². The molecule has 0 unspecified atom stereocenters. The number of ether oxygens (including phenoxy) is 1. The van der Waals surface area contributed by atoms with Gasteiger partial charge in [-0.05, 0) is 36.4 Å². The summed E-state index contributed by atoms with van der Waals surface area (Å²) in [6.07, 6.45) is 0. The first-order valence-electron chi connectivity index (χ1n) is 6.63. The van der Waals surface area contributed by atoms with Gasteiger partial charge >= 0.3 is 0 Å². The fourth-order valence-corrected chi connectivity index (χ4v) is 3.97. The Labute approximate surface area is 137 Å². The lowest BCUT2D eigenvalue weighted by molar-refractivity contribution is -0.115. The Morgan fingerprint density at radius 3 is 2.64 bits per heavy atom. The average molecular weight is 338 g/mol. The molecule has 3 rings (SSSR count). The van der Waals surface area contributed by atoms with Gasteiger partial charge in [0, 0.05) is 16.3 Å². The van der Waals surface area contributed by atoms with Crippen molar-refractivity contribution in [3.05, 3.63) is 58.9 Å². The molecule has 0 N–H and O–H groups in total. The van der Waals surface area contributed by atoms with E-state index in [0.29, 0.717) is 27.8 Å². The monoisotopic (exact) mass is 337 g/mol. The van der Waals surface area contributed by atoms with Crippen molar-refractivity contribution < 1.29 is 13.9 Å². The van der Waals surface area contributed by atoms with Gasteiger partial charge in [-0.1, -0.05) is 17.7 Å². The third kappa shape index (κ3) is 2.66. The lowest BCUT2D eigenvalue weighted by Gasteiger charge is -2.25. The molecule has 114 valence electrons. The minimum absolute atomic E-state index is 0.0699. The lowest BCUT2D eigenvalue weighted by atomic mass is 10.1. The predicted octanol–water partition coefficient (Wildman–Crippen LogP) is 4.27. The fraction of sp³-hybridized carbons (Fsp3) is 0.188. The molecule has 1 atom stereocenters. The zero-order valence-corrected chi connectivity index (χ0v) is 13.3. The quantitative estimate of drug-likeness (QED) is 0.837. The van der Waals surface area contributed by atoms with Crippen LogP contribution >= 0.6 is 23.4 Å². The van der Waals surface area contributed by atoms with Crippen LogP contribution in [0.5, 0.6) is 5.75 Å². The molecule has 0 spiro atoms. The van der Waals surface area contributed by atoms with Crippen molar-refractivity contribution in [1.29, 1.82) is 0 Å². The standard InChI is InChI=1S/C16H13ClFNO2S/c1-21-11-7-5-10(6-8-11)19-14(20)9-22-16(19)15-12(17)3-2-4-13(15)18/h2-8,16H,9H2,1H3/t16-/m0/s1. The van der Waals surface area contributed by atoms with Crippen molar-refractivity contribution in [2.45, 2.75) is 5.37 Å². The fourth-order valence-electron chi connectivity index (χ4n) is 2.41. The van der Waals surface area contributed by atoms with Gasteiger partial charge in [0.05, 0.1) is 12.9 Å². The molecular weight excluding hydrogens is 325 g/mol. The maximum absolute atomic E-state index is 14.2. The number of benzene rings is 2. The lowest BCUT2D eigenvalue weighted by Crippen LogP contribution is -2.28. The summed E-state index contributed by atoms with van der Waals surface area (Å²) >= 11 is 7.51. The molecule has 0 aliphatic carbocycles. The highest BCUT2D eigenvalue weighted by Crippen LogP contribution is 2.45. The van der Waals surface area contributed by atoms with Crippen LogP contribution in [0.1, 0.15) is 10.9 Å². The third-order valence-corrected chi connectivity index (χ3v) is 4.97. The van der Waals surface area contributed by atoms with Crippen LogP contribution in [-0.2, 0) is 4.79 Å². The van der Waals surface area contributed by atoms with E-state index in [1.165, 1.54) is 17.8 Å². The third-order valence-electron chi connectivity index (χ3n) is 3.47. The van der Waals surface area contributed by atoms with E-state index in [1.807, 2.05) is 0 Å².